The molecule has 1 saturated heterocycles. The number of hydrogen-bond acceptors (Lipinski definition) is 4. The Bertz CT molecular complexity index is 796. The SMILES string of the molecule is CN=C(NCCCN1CCCCC1C)NCCS(=O)(=O)N1CCc2ccccc21. The zero-order valence-electron chi connectivity index (χ0n) is 17.7. The van der Waals surface area contributed by atoms with Crippen LogP contribution in [-0.4, -0.2) is 70.8 Å². The molecule has 162 valence electrons. The van der Waals surface area contributed by atoms with E-state index in [4.69, 9.17) is 0 Å². The van der Waals surface area contributed by atoms with E-state index >= 15 is 0 Å². The second kappa shape index (κ2) is 10.3. The molecule has 29 heavy (non-hydrogen) atoms. The Morgan fingerprint density at radius 1 is 1.17 bits per heavy atom. The molecule has 7 nitrogen and oxygen atoms in total. The summed E-state index contributed by atoms with van der Waals surface area (Å²) in [6.07, 6.45) is 5.78. The Morgan fingerprint density at radius 2 is 1.97 bits per heavy atom. The maximum atomic E-state index is 12.8. The van der Waals surface area contributed by atoms with E-state index in [2.05, 4.69) is 27.4 Å². The van der Waals surface area contributed by atoms with E-state index < -0.39 is 10.0 Å². The quantitative estimate of drug-likeness (QED) is 0.380. The average Bonchev–Trinajstić information content (AvgIpc) is 3.16. The van der Waals surface area contributed by atoms with Crippen LogP contribution in [0.25, 0.3) is 0 Å². The smallest absolute Gasteiger partial charge is 0.236 e. The zero-order chi connectivity index (χ0) is 20.7. The molecule has 1 atom stereocenters. The molecule has 0 bridgehead atoms. The summed E-state index contributed by atoms with van der Waals surface area (Å²) in [6.45, 7) is 6.30. The molecule has 2 aliphatic heterocycles. The fourth-order valence-corrected chi connectivity index (χ4v) is 5.63. The molecule has 3 rings (SSSR count). The Hall–Kier alpha value is -1.80. The van der Waals surface area contributed by atoms with Gasteiger partial charge in [-0.05, 0) is 50.8 Å². The Labute approximate surface area is 175 Å². The van der Waals surface area contributed by atoms with Gasteiger partial charge in [-0.25, -0.2) is 8.42 Å². The summed E-state index contributed by atoms with van der Waals surface area (Å²) in [5.74, 6) is 0.710. The number of aliphatic imine (C=N–C) groups is 1. The lowest BCUT2D eigenvalue weighted by atomic mass is 10.0. The summed E-state index contributed by atoms with van der Waals surface area (Å²) in [4.78, 5) is 6.77. The number of likely N-dealkylation sites (tertiary alicyclic amines) is 1. The van der Waals surface area contributed by atoms with Crippen molar-refractivity contribution < 1.29 is 8.42 Å². The van der Waals surface area contributed by atoms with E-state index in [1.54, 1.807) is 11.4 Å². The van der Waals surface area contributed by atoms with Gasteiger partial charge in [0.25, 0.3) is 0 Å². The van der Waals surface area contributed by atoms with Crippen LogP contribution >= 0.6 is 0 Å². The Morgan fingerprint density at radius 3 is 2.76 bits per heavy atom. The highest BCUT2D eigenvalue weighted by atomic mass is 32.2. The third kappa shape index (κ3) is 5.85. The minimum atomic E-state index is -3.34. The maximum absolute atomic E-state index is 12.8. The summed E-state index contributed by atoms with van der Waals surface area (Å²) in [5, 5.41) is 6.44. The van der Waals surface area contributed by atoms with Gasteiger partial charge in [-0.3, -0.25) is 9.30 Å². The molecule has 1 aromatic rings. The second-order valence-electron chi connectivity index (χ2n) is 7.93. The molecular formula is C21H35N5O2S. The Kier molecular flexibility index (Phi) is 7.77. The highest BCUT2D eigenvalue weighted by Gasteiger charge is 2.28. The first-order chi connectivity index (χ1) is 14.0. The molecule has 2 aliphatic rings. The van der Waals surface area contributed by atoms with Crippen LogP contribution in [0.1, 0.15) is 38.2 Å². The predicted octanol–water partition coefficient (Wildman–Crippen LogP) is 1.81. The number of sulfonamides is 1. The van der Waals surface area contributed by atoms with Gasteiger partial charge in [-0.15, -0.1) is 0 Å². The normalized spacial score (nSPS) is 20.6. The first kappa shape index (κ1) is 21.9. The summed E-state index contributed by atoms with van der Waals surface area (Å²) >= 11 is 0. The number of guanidine groups is 1. The lowest BCUT2D eigenvalue weighted by Crippen LogP contribution is -2.43. The van der Waals surface area contributed by atoms with E-state index in [9.17, 15) is 8.42 Å². The number of rotatable bonds is 8. The molecule has 0 saturated carbocycles. The number of nitrogens with zero attached hydrogens (tertiary/aromatic N) is 3. The molecule has 8 heteroatoms. The lowest BCUT2D eigenvalue weighted by Gasteiger charge is -2.33. The number of hydrogen-bond donors (Lipinski definition) is 2. The van der Waals surface area contributed by atoms with Gasteiger partial charge in [0.05, 0.1) is 11.4 Å². The number of piperidine rings is 1. The van der Waals surface area contributed by atoms with Gasteiger partial charge in [0.1, 0.15) is 0 Å². The highest BCUT2D eigenvalue weighted by molar-refractivity contribution is 7.92. The zero-order valence-corrected chi connectivity index (χ0v) is 18.5. The first-order valence-electron chi connectivity index (χ1n) is 10.8. The molecule has 1 unspecified atom stereocenters. The fourth-order valence-electron chi connectivity index (χ4n) is 4.20. The van der Waals surface area contributed by atoms with Crippen molar-refractivity contribution in [3.63, 3.8) is 0 Å². The lowest BCUT2D eigenvalue weighted by molar-refractivity contribution is 0.159. The van der Waals surface area contributed by atoms with Crippen molar-refractivity contribution in [1.82, 2.24) is 15.5 Å². The van der Waals surface area contributed by atoms with Crippen LogP contribution in [0.5, 0.6) is 0 Å². The van der Waals surface area contributed by atoms with Gasteiger partial charge < -0.3 is 15.5 Å². The summed E-state index contributed by atoms with van der Waals surface area (Å²) in [7, 11) is -1.63. The van der Waals surface area contributed by atoms with Crippen molar-refractivity contribution in [2.75, 3.05) is 49.8 Å². The van der Waals surface area contributed by atoms with Gasteiger partial charge in [0, 0.05) is 39.3 Å². The third-order valence-electron chi connectivity index (χ3n) is 5.91. The van der Waals surface area contributed by atoms with Gasteiger partial charge in [0.2, 0.25) is 10.0 Å². The van der Waals surface area contributed by atoms with E-state index in [0.29, 0.717) is 25.1 Å². The van der Waals surface area contributed by atoms with E-state index in [0.717, 1.165) is 37.2 Å². The molecular weight excluding hydrogens is 386 g/mol. The summed E-state index contributed by atoms with van der Waals surface area (Å²) in [6, 6.07) is 8.41. The number of benzene rings is 1. The van der Waals surface area contributed by atoms with Crippen LogP contribution in [0.15, 0.2) is 29.3 Å². The number of nitrogens with one attached hydrogen (secondary N) is 2. The van der Waals surface area contributed by atoms with Crippen molar-refractivity contribution in [2.45, 2.75) is 45.1 Å². The maximum Gasteiger partial charge on any atom is 0.236 e. The molecule has 0 aromatic heterocycles. The van der Waals surface area contributed by atoms with Crippen molar-refractivity contribution >= 4 is 21.7 Å². The van der Waals surface area contributed by atoms with E-state index in [1.165, 1.54) is 25.8 Å². The monoisotopic (exact) mass is 421 g/mol. The van der Waals surface area contributed by atoms with Crippen molar-refractivity contribution in [3.05, 3.63) is 29.8 Å². The molecule has 2 heterocycles. The molecule has 0 radical (unpaired) electrons. The van der Waals surface area contributed by atoms with E-state index in [1.807, 2.05) is 24.3 Å². The number of anilines is 1. The van der Waals surface area contributed by atoms with Crippen molar-refractivity contribution in [3.8, 4) is 0 Å². The molecule has 0 spiro atoms. The van der Waals surface area contributed by atoms with Crippen LogP contribution in [0, 0.1) is 0 Å². The number of para-hydroxylation sites is 1. The van der Waals surface area contributed by atoms with Crippen LogP contribution in [0.3, 0.4) is 0 Å². The standard InChI is InChI=1S/C21H35N5O2S/c1-18-8-5-6-14-25(18)15-7-12-23-21(22-2)24-13-17-29(27,28)26-16-11-19-9-3-4-10-20(19)26/h3-4,9-10,18H,5-8,11-17H2,1-2H3,(H2,22,23,24). The minimum absolute atomic E-state index is 0.0489. The van der Waals surface area contributed by atoms with Crippen LogP contribution in [0.4, 0.5) is 5.69 Å². The first-order valence-corrected chi connectivity index (χ1v) is 12.4. The van der Waals surface area contributed by atoms with E-state index in [-0.39, 0.29) is 5.75 Å². The molecule has 2 N–H and O–H groups in total. The van der Waals surface area contributed by atoms with Gasteiger partial charge >= 0.3 is 0 Å². The second-order valence-corrected chi connectivity index (χ2v) is 9.94. The summed E-state index contributed by atoms with van der Waals surface area (Å²) < 4.78 is 27.0. The Balaban J connectivity index is 1.38. The minimum Gasteiger partial charge on any atom is -0.356 e. The van der Waals surface area contributed by atoms with Crippen molar-refractivity contribution in [1.29, 1.82) is 0 Å². The average molecular weight is 422 g/mol. The van der Waals surface area contributed by atoms with Crippen LogP contribution < -0.4 is 14.9 Å². The predicted molar refractivity (Wildman–Crippen MR) is 120 cm³/mol. The van der Waals surface area contributed by atoms with Crippen LogP contribution in [-0.2, 0) is 16.4 Å². The largest absolute Gasteiger partial charge is 0.356 e. The molecule has 1 fully saturated rings. The molecule has 0 aliphatic carbocycles. The molecule has 0 amide bonds. The van der Waals surface area contributed by atoms with Crippen molar-refractivity contribution in [2.24, 2.45) is 4.99 Å². The highest BCUT2D eigenvalue weighted by Crippen LogP contribution is 2.29. The van der Waals surface area contributed by atoms with Gasteiger partial charge in [-0.2, -0.15) is 0 Å². The molecule has 1 aromatic carbocycles. The number of fused-ring (bicyclic) bond motifs is 1. The van der Waals surface area contributed by atoms with Gasteiger partial charge in [-0.1, -0.05) is 24.6 Å². The fraction of sp³-hybridized carbons (Fsp3) is 0.667. The third-order valence-corrected chi connectivity index (χ3v) is 7.68. The topological polar surface area (TPSA) is 77.0 Å². The van der Waals surface area contributed by atoms with Crippen LogP contribution in [0.2, 0.25) is 0 Å². The van der Waals surface area contributed by atoms with Gasteiger partial charge in [0.15, 0.2) is 5.96 Å². The summed E-state index contributed by atoms with van der Waals surface area (Å²) in [5.41, 5.74) is 1.92.